The molecule has 2 rings (SSSR count). The van der Waals surface area contributed by atoms with E-state index in [-0.39, 0.29) is 24.2 Å². The van der Waals surface area contributed by atoms with Crippen LogP contribution in [0.5, 0.6) is 0 Å². The molecule has 3 N–H and O–H groups in total. The van der Waals surface area contributed by atoms with Crippen LogP contribution in [0.1, 0.15) is 42.1 Å². The SMILES string of the molecule is CCNC(=O)c1ccc(NC(=O)CC2CCCN2)c(C)c1.Cl. The maximum absolute atomic E-state index is 12.0. The Morgan fingerprint density at radius 3 is 2.73 bits per heavy atom. The van der Waals surface area contributed by atoms with Gasteiger partial charge >= 0.3 is 0 Å². The third-order valence-electron chi connectivity index (χ3n) is 3.69. The molecule has 6 heteroatoms. The fourth-order valence-electron chi connectivity index (χ4n) is 2.56. The number of carbonyl (C=O) groups excluding carboxylic acids is 2. The molecule has 122 valence electrons. The lowest BCUT2D eigenvalue weighted by Crippen LogP contribution is -2.27. The minimum absolute atomic E-state index is 0. The van der Waals surface area contributed by atoms with E-state index in [0.717, 1.165) is 30.6 Å². The summed E-state index contributed by atoms with van der Waals surface area (Å²) < 4.78 is 0. The molecule has 22 heavy (non-hydrogen) atoms. The van der Waals surface area contributed by atoms with Gasteiger partial charge in [-0.1, -0.05) is 0 Å². The average Bonchev–Trinajstić information content (AvgIpc) is 2.94. The molecule has 1 heterocycles. The molecule has 0 aromatic heterocycles. The third kappa shape index (κ3) is 5.00. The Morgan fingerprint density at radius 2 is 2.14 bits per heavy atom. The molecule has 1 atom stereocenters. The van der Waals surface area contributed by atoms with Gasteiger partial charge in [-0.15, -0.1) is 12.4 Å². The van der Waals surface area contributed by atoms with Gasteiger partial charge in [-0.25, -0.2) is 0 Å². The second kappa shape index (κ2) is 8.76. The molecule has 1 aliphatic heterocycles. The molecule has 1 fully saturated rings. The van der Waals surface area contributed by atoms with Gasteiger partial charge in [0.25, 0.3) is 5.91 Å². The Balaban J connectivity index is 0.00000242. The van der Waals surface area contributed by atoms with Crippen molar-refractivity contribution in [3.63, 3.8) is 0 Å². The molecule has 0 spiro atoms. The number of anilines is 1. The molecule has 0 saturated carbocycles. The summed E-state index contributed by atoms with van der Waals surface area (Å²) in [5.41, 5.74) is 2.28. The molecule has 1 unspecified atom stereocenters. The quantitative estimate of drug-likeness (QED) is 0.777. The van der Waals surface area contributed by atoms with Gasteiger partial charge in [-0.3, -0.25) is 9.59 Å². The highest BCUT2D eigenvalue weighted by molar-refractivity contribution is 5.96. The van der Waals surface area contributed by atoms with E-state index in [4.69, 9.17) is 0 Å². The highest BCUT2D eigenvalue weighted by atomic mass is 35.5. The number of nitrogens with one attached hydrogen (secondary N) is 3. The summed E-state index contributed by atoms with van der Waals surface area (Å²) >= 11 is 0. The van der Waals surface area contributed by atoms with Crippen molar-refractivity contribution in [2.45, 2.75) is 39.2 Å². The molecule has 5 nitrogen and oxygen atoms in total. The number of hydrogen-bond donors (Lipinski definition) is 3. The van der Waals surface area contributed by atoms with Gasteiger partial charge in [0.2, 0.25) is 5.91 Å². The number of rotatable bonds is 5. The summed E-state index contributed by atoms with van der Waals surface area (Å²) in [6.45, 7) is 5.38. The fourth-order valence-corrected chi connectivity index (χ4v) is 2.56. The molecular formula is C16H24ClN3O2. The van der Waals surface area contributed by atoms with E-state index in [2.05, 4.69) is 16.0 Å². The molecule has 0 bridgehead atoms. The van der Waals surface area contributed by atoms with E-state index in [1.54, 1.807) is 18.2 Å². The number of benzene rings is 1. The zero-order chi connectivity index (χ0) is 15.2. The molecule has 1 aliphatic rings. The van der Waals surface area contributed by atoms with Gasteiger partial charge < -0.3 is 16.0 Å². The Kier molecular flexibility index (Phi) is 7.35. The standard InChI is InChI=1S/C16H23N3O2.ClH/c1-3-17-16(21)12-6-7-14(11(2)9-12)19-15(20)10-13-5-4-8-18-13;/h6-7,9,13,18H,3-5,8,10H2,1-2H3,(H,17,21)(H,19,20);1H. The lowest BCUT2D eigenvalue weighted by Gasteiger charge is -2.13. The summed E-state index contributed by atoms with van der Waals surface area (Å²) in [6, 6.07) is 5.62. The van der Waals surface area contributed by atoms with Gasteiger partial charge in [0, 0.05) is 30.3 Å². The van der Waals surface area contributed by atoms with Crippen LogP contribution in [0.25, 0.3) is 0 Å². The predicted octanol–water partition coefficient (Wildman–Crippen LogP) is 2.25. The maximum Gasteiger partial charge on any atom is 0.251 e. The number of hydrogen-bond acceptors (Lipinski definition) is 3. The smallest absolute Gasteiger partial charge is 0.251 e. The maximum atomic E-state index is 12.0. The van der Waals surface area contributed by atoms with Gasteiger partial charge in [0.15, 0.2) is 0 Å². The Labute approximate surface area is 137 Å². The van der Waals surface area contributed by atoms with Crippen molar-refractivity contribution in [1.29, 1.82) is 0 Å². The summed E-state index contributed by atoms with van der Waals surface area (Å²) in [4.78, 5) is 23.8. The number of carbonyl (C=O) groups is 2. The van der Waals surface area contributed by atoms with E-state index in [9.17, 15) is 9.59 Å². The summed E-state index contributed by atoms with van der Waals surface area (Å²) in [7, 11) is 0. The number of amides is 2. The van der Waals surface area contributed by atoms with E-state index in [1.165, 1.54) is 0 Å². The van der Waals surface area contributed by atoms with E-state index in [1.807, 2.05) is 13.8 Å². The number of aryl methyl sites for hydroxylation is 1. The van der Waals surface area contributed by atoms with Crippen LogP contribution < -0.4 is 16.0 Å². The fraction of sp³-hybridized carbons (Fsp3) is 0.500. The molecule has 0 aliphatic carbocycles. The highest BCUT2D eigenvalue weighted by Crippen LogP contribution is 2.18. The monoisotopic (exact) mass is 325 g/mol. The van der Waals surface area contributed by atoms with Crippen molar-refractivity contribution in [3.8, 4) is 0 Å². The molecule has 1 saturated heterocycles. The average molecular weight is 326 g/mol. The molecule has 1 aromatic carbocycles. The van der Waals surface area contributed by atoms with E-state index >= 15 is 0 Å². The minimum atomic E-state index is -0.0892. The van der Waals surface area contributed by atoms with Crippen LogP contribution in [-0.4, -0.2) is 30.9 Å². The minimum Gasteiger partial charge on any atom is -0.352 e. The third-order valence-corrected chi connectivity index (χ3v) is 3.69. The first-order valence-corrected chi connectivity index (χ1v) is 7.52. The van der Waals surface area contributed by atoms with Crippen molar-refractivity contribution in [3.05, 3.63) is 29.3 Å². The first-order chi connectivity index (χ1) is 10.1. The topological polar surface area (TPSA) is 70.2 Å². The van der Waals surface area contributed by atoms with Crippen LogP contribution in [0.4, 0.5) is 5.69 Å². The summed E-state index contributed by atoms with van der Waals surface area (Å²) in [6.07, 6.45) is 2.69. The van der Waals surface area contributed by atoms with Gasteiger partial charge in [0.1, 0.15) is 0 Å². The van der Waals surface area contributed by atoms with Crippen LogP contribution in [0.3, 0.4) is 0 Å². The lowest BCUT2D eigenvalue weighted by atomic mass is 10.1. The Bertz CT molecular complexity index is 528. The summed E-state index contributed by atoms with van der Waals surface area (Å²) in [5.74, 6) is -0.0723. The van der Waals surface area contributed by atoms with Crippen molar-refractivity contribution in [2.24, 2.45) is 0 Å². The molecular weight excluding hydrogens is 302 g/mol. The van der Waals surface area contributed by atoms with Crippen molar-refractivity contribution < 1.29 is 9.59 Å². The highest BCUT2D eigenvalue weighted by Gasteiger charge is 2.18. The van der Waals surface area contributed by atoms with Crippen LogP contribution >= 0.6 is 12.4 Å². The Morgan fingerprint density at radius 1 is 1.36 bits per heavy atom. The van der Waals surface area contributed by atoms with Crippen LogP contribution in [-0.2, 0) is 4.79 Å². The Hall–Kier alpha value is -1.59. The molecule has 1 aromatic rings. The largest absolute Gasteiger partial charge is 0.352 e. The lowest BCUT2D eigenvalue weighted by molar-refractivity contribution is -0.116. The van der Waals surface area contributed by atoms with Crippen LogP contribution in [0.15, 0.2) is 18.2 Å². The van der Waals surface area contributed by atoms with Crippen molar-refractivity contribution in [2.75, 3.05) is 18.4 Å². The van der Waals surface area contributed by atoms with Gasteiger partial charge in [-0.05, 0) is 57.0 Å². The van der Waals surface area contributed by atoms with Crippen LogP contribution in [0, 0.1) is 6.92 Å². The summed E-state index contributed by atoms with van der Waals surface area (Å²) in [5, 5.41) is 9.00. The predicted molar refractivity (Wildman–Crippen MR) is 90.7 cm³/mol. The van der Waals surface area contributed by atoms with Crippen molar-refractivity contribution >= 4 is 29.9 Å². The van der Waals surface area contributed by atoms with Crippen molar-refractivity contribution in [1.82, 2.24) is 10.6 Å². The second-order valence-electron chi connectivity index (χ2n) is 5.43. The van der Waals surface area contributed by atoms with Crippen LogP contribution in [0.2, 0.25) is 0 Å². The van der Waals surface area contributed by atoms with Gasteiger partial charge in [-0.2, -0.15) is 0 Å². The first-order valence-electron chi connectivity index (χ1n) is 7.52. The van der Waals surface area contributed by atoms with E-state index < -0.39 is 0 Å². The van der Waals surface area contributed by atoms with E-state index in [0.29, 0.717) is 24.6 Å². The number of halogens is 1. The van der Waals surface area contributed by atoms with Gasteiger partial charge in [0.05, 0.1) is 0 Å². The molecule has 0 radical (unpaired) electrons. The zero-order valence-electron chi connectivity index (χ0n) is 13.1. The first kappa shape index (κ1) is 18.5. The molecule has 2 amide bonds. The normalized spacial score (nSPS) is 16.7. The zero-order valence-corrected chi connectivity index (χ0v) is 13.9. The second-order valence-corrected chi connectivity index (χ2v) is 5.43.